The molecule has 1 aromatic rings. The van der Waals surface area contributed by atoms with Crippen molar-refractivity contribution in [2.45, 2.75) is 25.0 Å². The number of benzene rings is 1. The van der Waals surface area contributed by atoms with Gasteiger partial charge in [-0.05, 0) is 17.5 Å². The molecule has 2 unspecified atom stereocenters. The Balaban J connectivity index is 2.22. The molecule has 0 heterocycles. The lowest BCUT2D eigenvalue weighted by atomic mass is 10.0. The van der Waals surface area contributed by atoms with E-state index in [4.69, 9.17) is 10.5 Å². The van der Waals surface area contributed by atoms with Crippen molar-refractivity contribution in [1.29, 1.82) is 0 Å². The third kappa shape index (κ3) is 1.74. The molecular weight excluding hydrogens is 162 g/mol. The summed E-state index contributed by atoms with van der Waals surface area (Å²) in [6, 6.07) is 8.76. The topological polar surface area (TPSA) is 35.2 Å². The Morgan fingerprint density at radius 2 is 2.15 bits per heavy atom. The zero-order valence-corrected chi connectivity index (χ0v) is 7.86. The molecule has 1 fully saturated rings. The van der Waals surface area contributed by atoms with E-state index in [0.29, 0.717) is 18.6 Å². The second-order valence-corrected chi connectivity index (χ2v) is 3.64. The predicted molar refractivity (Wildman–Crippen MR) is 52.5 cm³/mol. The van der Waals surface area contributed by atoms with E-state index in [1.165, 1.54) is 11.1 Å². The summed E-state index contributed by atoms with van der Waals surface area (Å²) in [5.41, 5.74) is 8.48. The van der Waals surface area contributed by atoms with Crippen molar-refractivity contribution in [1.82, 2.24) is 0 Å². The van der Waals surface area contributed by atoms with Crippen LogP contribution in [0.4, 0.5) is 0 Å². The van der Waals surface area contributed by atoms with Crippen molar-refractivity contribution in [3.05, 3.63) is 35.4 Å². The first kappa shape index (κ1) is 8.73. The van der Waals surface area contributed by atoms with Crippen LogP contribution >= 0.6 is 0 Å². The number of nitrogens with two attached hydrogens (primary N) is 1. The van der Waals surface area contributed by atoms with E-state index < -0.39 is 0 Å². The molecule has 0 aliphatic heterocycles. The zero-order chi connectivity index (χ0) is 9.26. The molecule has 2 N–H and O–H groups in total. The maximum Gasteiger partial charge on any atom is 0.0715 e. The van der Waals surface area contributed by atoms with Gasteiger partial charge in [0, 0.05) is 19.1 Å². The SMILES string of the molecule is COCc1ccccc1C1CC1N. The van der Waals surface area contributed by atoms with Gasteiger partial charge in [0.15, 0.2) is 0 Å². The van der Waals surface area contributed by atoms with Crippen LogP contribution in [-0.2, 0) is 11.3 Å². The lowest BCUT2D eigenvalue weighted by Gasteiger charge is -2.06. The molecule has 1 aromatic carbocycles. The van der Waals surface area contributed by atoms with Crippen LogP contribution in [0.25, 0.3) is 0 Å². The molecule has 2 rings (SSSR count). The van der Waals surface area contributed by atoms with E-state index in [1.54, 1.807) is 7.11 Å². The third-order valence-corrected chi connectivity index (χ3v) is 2.59. The number of methoxy groups -OCH3 is 1. The Morgan fingerprint density at radius 3 is 2.77 bits per heavy atom. The average Bonchev–Trinajstić information content (AvgIpc) is 2.84. The van der Waals surface area contributed by atoms with Crippen LogP contribution in [0.3, 0.4) is 0 Å². The van der Waals surface area contributed by atoms with Gasteiger partial charge in [-0.15, -0.1) is 0 Å². The number of hydrogen-bond acceptors (Lipinski definition) is 2. The molecule has 0 bridgehead atoms. The second-order valence-electron chi connectivity index (χ2n) is 3.64. The van der Waals surface area contributed by atoms with E-state index in [-0.39, 0.29) is 0 Å². The summed E-state index contributed by atoms with van der Waals surface area (Å²) in [4.78, 5) is 0. The molecule has 13 heavy (non-hydrogen) atoms. The van der Waals surface area contributed by atoms with Gasteiger partial charge in [0.2, 0.25) is 0 Å². The van der Waals surface area contributed by atoms with E-state index in [9.17, 15) is 0 Å². The normalized spacial score (nSPS) is 26.0. The van der Waals surface area contributed by atoms with Gasteiger partial charge in [-0.2, -0.15) is 0 Å². The van der Waals surface area contributed by atoms with Crippen LogP contribution in [0.1, 0.15) is 23.5 Å². The van der Waals surface area contributed by atoms with Gasteiger partial charge in [-0.25, -0.2) is 0 Å². The van der Waals surface area contributed by atoms with Crippen LogP contribution in [-0.4, -0.2) is 13.2 Å². The summed E-state index contributed by atoms with van der Waals surface area (Å²) in [7, 11) is 1.73. The summed E-state index contributed by atoms with van der Waals surface area (Å²) in [6.45, 7) is 0.694. The highest BCUT2D eigenvalue weighted by molar-refractivity contribution is 5.35. The predicted octanol–water partition coefficient (Wildman–Crippen LogP) is 1.65. The van der Waals surface area contributed by atoms with Crippen LogP contribution in [0.5, 0.6) is 0 Å². The largest absolute Gasteiger partial charge is 0.380 e. The molecule has 2 nitrogen and oxygen atoms in total. The van der Waals surface area contributed by atoms with Crippen LogP contribution in [0, 0.1) is 0 Å². The van der Waals surface area contributed by atoms with Gasteiger partial charge in [-0.1, -0.05) is 24.3 Å². The first-order valence-electron chi connectivity index (χ1n) is 4.65. The van der Waals surface area contributed by atoms with E-state index in [1.807, 2.05) is 6.07 Å². The van der Waals surface area contributed by atoms with Gasteiger partial charge in [0.1, 0.15) is 0 Å². The first-order valence-corrected chi connectivity index (χ1v) is 4.65. The summed E-state index contributed by atoms with van der Waals surface area (Å²) < 4.78 is 5.14. The van der Waals surface area contributed by atoms with Crippen LogP contribution in [0.15, 0.2) is 24.3 Å². The number of ether oxygens (including phenoxy) is 1. The third-order valence-electron chi connectivity index (χ3n) is 2.59. The van der Waals surface area contributed by atoms with Gasteiger partial charge >= 0.3 is 0 Å². The monoisotopic (exact) mass is 177 g/mol. The maximum absolute atomic E-state index is 5.82. The van der Waals surface area contributed by atoms with Crippen molar-refractivity contribution < 1.29 is 4.74 Å². The molecule has 70 valence electrons. The van der Waals surface area contributed by atoms with Gasteiger partial charge in [0.05, 0.1) is 6.61 Å². The van der Waals surface area contributed by atoms with Gasteiger partial charge < -0.3 is 10.5 Å². The molecule has 1 saturated carbocycles. The molecule has 0 spiro atoms. The van der Waals surface area contributed by atoms with Crippen LogP contribution in [0.2, 0.25) is 0 Å². The Labute approximate surface area is 78.7 Å². The average molecular weight is 177 g/mol. The molecule has 1 aliphatic carbocycles. The van der Waals surface area contributed by atoms with Crippen molar-refractivity contribution in [2.24, 2.45) is 5.73 Å². The van der Waals surface area contributed by atoms with E-state index >= 15 is 0 Å². The van der Waals surface area contributed by atoms with E-state index in [0.717, 1.165) is 6.42 Å². The molecule has 0 aromatic heterocycles. The zero-order valence-electron chi connectivity index (χ0n) is 7.86. The van der Waals surface area contributed by atoms with Crippen molar-refractivity contribution >= 4 is 0 Å². The number of hydrogen-bond donors (Lipinski definition) is 1. The fourth-order valence-electron chi connectivity index (χ4n) is 1.76. The minimum atomic E-state index is 0.373. The minimum absolute atomic E-state index is 0.373. The Morgan fingerprint density at radius 1 is 1.46 bits per heavy atom. The summed E-state index contributed by atoms with van der Waals surface area (Å²) in [6.07, 6.45) is 1.13. The number of rotatable bonds is 3. The highest BCUT2D eigenvalue weighted by Crippen LogP contribution is 2.40. The molecular formula is C11H15NO. The van der Waals surface area contributed by atoms with E-state index in [2.05, 4.69) is 18.2 Å². The van der Waals surface area contributed by atoms with Crippen LogP contribution < -0.4 is 5.73 Å². The van der Waals surface area contributed by atoms with Crippen molar-refractivity contribution in [2.75, 3.05) is 7.11 Å². The molecule has 0 radical (unpaired) electrons. The standard InChI is InChI=1S/C11H15NO/c1-13-7-8-4-2-3-5-9(8)10-6-11(10)12/h2-5,10-11H,6-7,12H2,1H3. The lowest BCUT2D eigenvalue weighted by molar-refractivity contribution is 0.184. The summed E-state index contributed by atoms with van der Waals surface area (Å²) in [5, 5.41) is 0. The van der Waals surface area contributed by atoms with Gasteiger partial charge in [0.25, 0.3) is 0 Å². The molecule has 0 amide bonds. The minimum Gasteiger partial charge on any atom is -0.380 e. The molecule has 2 atom stereocenters. The second kappa shape index (κ2) is 3.48. The molecule has 2 heteroatoms. The molecule has 0 saturated heterocycles. The Kier molecular flexibility index (Phi) is 2.34. The Bertz CT molecular complexity index is 298. The maximum atomic E-state index is 5.82. The fraction of sp³-hybridized carbons (Fsp3) is 0.455. The van der Waals surface area contributed by atoms with Gasteiger partial charge in [-0.3, -0.25) is 0 Å². The summed E-state index contributed by atoms with van der Waals surface area (Å²) in [5.74, 6) is 0.575. The summed E-state index contributed by atoms with van der Waals surface area (Å²) >= 11 is 0. The first-order chi connectivity index (χ1) is 6.33. The smallest absolute Gasteiger partial charge is 0.0715 e. The quantitative estimate of drug-likeness (QED) is 0.762. The highest BCUT2D eigenvalue weighted by Gasteiger charge is 2.35. The fourth-order valence-corrected chi connectivity index (χ4v) is 1.76. The lowest BCUT2D eigenvalue weighted by Crippen LogP contribution is -2.03. The highest BCUT2D eigenvalue weighted by atomic mass is 16.5. The van der Waals surface area contributed by atoms with Crippen molar-refractivity contribution in [3.8, 4) is 0 Å². The molecule has 1 aliphatic rings. The Hall–Kier alpha value is -0.860. The van der Waals surface area contributed by atoms with Crippen molar-refractivity contribution in [3.63, 3.8) is 0 Å².